The second-order valence-corrected chi connectivity index (χ2v) is 5.93. The molecule has 114 valence electrons. The quantitative estimate of drug-likeness (QED) is 0.861. The first-order valence-electron chi connectivity index (χ1n) is 7.73. The van der Waals surface area contributed by atoms with E-state index in [0.29, 0.717) is 11.0 Å². The molecule has 2 nitrogen and oxygen atoms in total. The molecule has 21 heavy (non-hydrogen) atoms. The van der Waals surface area contributed by atoms with Crippen LogP contribution < -0.4 is 0 Å². The van der Waals surface area contributed by atoms with Gasteiger partial charge in [-0.1, -0.05) is 31.8 Å². The van der Waals surface area contributed by atoms with E-state index in [1.54, 1.807) is 0 Å². The molecule has 1 aliphatic heterocycles. The van der Waals surface area contributed by atoms with Gasteiger partial charge >= 0.3 is 0 Å². The van der Waals surface area contributed by atoms with Crippen molar-refractivity contribution in [3.63, 3.8) is 0 Å². The van der Waals surface area contributed by atoms with Gasteiger partial charge in [0.05, 0.1) is 0 Å². The third kappa shape index (κ3) is 3.84. The van der Waals surface area contributed by atoms with Gasteiger partial charge in [0.1, 0.15) is 12.4 Å². The zero-order valence-electron chi connectivity index (χ0n) is 13.0. The molecule has 0 bridgehead atoms. The summed E-state index contributed by atoms with van der Waals surface area (Å²) in [5.41, 5.74) is 2.17. The largest absolute Gasteiger partial charge is 0.384 e. The molecule has 0 aromatic heterocycles. The number of rotatable bonds is 4. The number of nitrogens with zero attached hydrogens (tertiary/aromatic N) is 1. The number of benzene rings is 1. The molecule has 1 saturated heterocycles. The van der Waals surface area contributed by atoms with Gasteiger partial charge in [-0.2, -0.15) is 0 Å². The molecule has 0 aliphatic carbocycles. The van der Waals surface area contributed by atoms with Crippen LogP contribution in [0, 0.1) is 23.1 Å². The predicted molar refractivity (Wildman–Crippen MR) is 83.3 cm³/mol. The lowest BCUT2D eigenvalue weighted by molar-refractivity contribution is 0.236. The van der Waals surface area contributed by atoms with Crippen LogP contribution in [0.4, 0.5) is 4.39 Å². The average molecular weight is 289 g/mol. The van der Waals surface area contributed by atoms with E-state index in [1.807, 2.05) is 6.07 Å². The molecule has 1 aliphatic rings. The van der Waals surface area contributed by atoms with Gasteiger partial charge in [-0.3, -0.25) is 4.90 Å². The summed E-state index contributed by atoms with van der Waals surface area (Å²) in [6, 6.07) is 4.76. The van der Waals surface area contributed by atoms with E-state index in [9.17, 15) is 4.39 Å². The summed E-state index contributed by atoms with van der Waals surface area (Å²) in [7, 11) is 0. The van der Waals surface area contributed by atoms with Gasteiger partial charge in [0.2, 0.25) is 0 Å². The Morgan fingerprint density at radius 1 is 1.33 bits per heavy atom. The fraction of sp³-hybridized carbons (Fsp3) is 0.556. The smallest absolute Gasteiger partial charge is 0.124 e. The SMILES string of the molecule is CCC1(CC)CCN(Cc2ccc(F)cc2C#CCO)C1. The Hall–Kier alpha value is -1.37. The maximum absolute atomic E-state index is 13.4. The minimum Gasteiger partial charge on any atom is -0.384 e. The van der Waals surface area contributed by atoms with Crippen molar-refractivity contribution in [2.45, 2.75) is 39.7 Å². The molecule has 2 rings (SSSR count). The first-order valence-corrected chi connectivity index (χ1v) is 7.73. The van der Waals surface area contributed by atoms with Crippen LogP contribution >= 0.6 is 0 Å². The Morgan fingerprint density at radius 2 is 2.10 bits per heavy atom. The maximum atomic E-state index is 13.4. The van der Waals surface area contributed by atoms with Crippen LogP contribution in [0.1, 0.15) is 44.2 Å². The summed E-state index contributed by atoms with van der Waals surface area (Å²) < 4.78 is 13.4. The number of halogens is 1. The number of aliphatic hydroxyl groups is 1. The summed E-state index contributed by atoms with van der Waals surface area (Å²) in [4.78, 5) is 2.43. The van der Waals surface area contributed by atoms with E-state index in [4.69, 9.17) is 5.11 Å². The summed E-state index contributed by atoms with van der Waals surface area (Å²) in [5, 5.41) is 8.83. The highest BCUT2D eigenvalue weighted by molar-refractivity contribution is 5.41. The van der Waals surface area contributed by atoms with Gasteiger partial charge in [-0.25, -0.2) is 4.39 Å². The molecule has 0 saturated carbocycles. The minimum atomic E-state index is -0.279. The molecule has 1 heterocycles. The molecule has 0 spiro atoms. The van der Waals surface area contributed by atoms with E-state index in [0.717, 1.165) is 25.2 Å². The van der Waals surface area contributed by atoms with Crippen molar-refractivity contribution in [3.05, 3.63) is 35.1 Å². The molecule has 1 aromatic rings. The van der Waals surface area contributed by atoms with Crippen molar-refractivity contribution in [1.82, 2.24) is 4.90 Å². The molecule has 1 N–H and O–H groups in total. The number of hydrogen-bond donors (Lipinski definition) is 1. The highest BCUT2D eigenvalue weighted by atomic mass is 19.1. The molecular weight excluding hydrogens is 265 g/mol. The molecular formula is C18H24FNO. The highest BCUT2D eigenvalue weighted by Crippen LogP contribution is 2.37. The summed E-state index contributed by atoms with van der Waals surface area (Å²) in [6.07, 6.45) is 3.65. The lowest BCUT2D eigenvalue weighted by atomic mass is 9.82. The van der Waals surface area contributed by atoms with Crippen molar-refractivity contribution >= 4 is 0 Å². The first kappa shape index (κ1) is 16.0. The molecule has 3 heteroatoms. The maximum Gasteiger partial charge on any atom is 0.124 e. The van der Waals surface area contributed by atoms with Crippen LogP contribution in [-0.2, 0) is 6.54 Å². The van der Waals surface area contributed by atoms with Crippen molar-refractivity contribution in [3.8, 4) is 11.8 Å². The van der Waals surface area contributed by atoms with E-state index < -0.39 is 0 Å². The summed E-state index contributed by atoms with van der Waals surface area (Å²) in [5.74, 6) is 5.20. The molecule has 0 atom stereocenters. The zero-order chi connectivity index (χ0) is 15.3. The summed E-state index contributed by atoms with van der Waals surface area (Å²) in [6.45, 7) is 7.33. The molecule has 1 fully saturated rings. The first-order chi connectivity index (χ1) is 10.1. The topological polar surface area (TPSA) is 23.5 Å². The van der Waals surface area contributed by atoms with Gasteiger partial charge in [-0.15, -0.1) is 0 Å². The number of likely N-dealkylation sites (tertiary alicyclic amines) is 1. The third-order valence-electron chi connectivity index (χ3n) is 4.79. The zero-order valence-corrected chi connectivity index (χ0v) is 13.0. The standard InChI is InChI=1S/C18H24FNO/c1-3-18(4-2)9-10-20(14-18)13-16-7-8-17(19)12-15(16)6-5-11-21/h7-8,12,21H,3-4,9-11,13-14H2,1-2H3. The average Bonchev–Trinajstić information content (AvgIpc) is 2.91. The van der Waals surface area contributed by atoms with Crippen LogP contribution in [-0.4, -0.2) is 29.7 Å². The van der Waals surface area contributed by atoms with Crippen molar-refractivity contribution in [2.24, 2.45) is 5.41 Å². The monoisotopic (exact) mass is 289 g/mol. The molecule has 0 amide bonds. The Bertz CT molecular complexity index is 540. The van der Waals surface area contributed by atoms with Crippen molar-refractivity contribution in [2.75, 3.05) is 19.7 Å². The van der Waals surface area contributed by atoms with Crippen molar-refractivity contribution in [1.29, 1.82) is 0 Å². The van der Waals surface area contributed by atoms with Gasteiger partial charge in [0.15, 0.2) is 0 Å². The fourth-order valence-corrected chi connectivity index (χ4v) is 3.17. The minimum absolute atomic E-state index is 0.200. The van der Waals surface area contributed by atoms with Crippen molar-refractivity contribution < 1.29 is 9.50 Å². The fourth-order valence-electron chi connectivity index (χ4n) is 3.17. The lowest BCUT2D eigenvalue weighted by Crippen LogP contribution is -2.26. The summed E-state index contributed by atoms with van der Waals surface area (Å²) >= 11 is 0. The van der Waals surface area contributed by atoms with Crippen LogP contribution in [0.3, 0.4) is 0 Å². The predicted octanol–water partition coefficient (Wildman–Crippen LogP) is 3.18. The van der Waals surface area contributed by atoms with E-state index in [2.05, 4.69) is 30.6 Å². The van der Waals surface area contributed by atoms with Gasteiger partial charge < -0.3 is 5.11 Å². The van der Waals surface area contributed by atoms with Crippen LogP contribution in [0.2, 0.25) is 0 Å². The third-order valence-corrected chi connectivity index (χ3v) is 4.79. The van der Waals surface area contributed by atoms with Crippen LogP contribution in [0.5, 0.6) is 0 Å². The van der Waals surface area contributed by atoms with Gasteiger partial charge in [0.25, 0.3) is 0 Å². The Balaban J connectivity index is 2.13. The van der Waals surface area contributed by atoms with Crippen LogP contribution in [0.15, 0.2) is 18.2 Å². The van der Waals surface area contributed by atoms with E-state index in [-0.39, 0.29) is 12.4 Å². The van der Waals surface area contributed by atoms with Gasteiger partial charge in [-0.05, 0) is 48.9 Å². The highest BCUT2D eigenvalue weighted by Gasteiger charge is 2.34. The second-order valence-electron chi connectivity index (χ2n) is 5.93. The molecule has 1 aromatic carbocycles. The van der Waals surface area contributed by atoms with Crippen LogP contribution in [0.25, 0.3) is 0 Å². The van der Waals surface area contributed by atoms with Gasteiger partial charge in [0, 0.05) is 18.7 Å². The second kappa shape index (κ2) is 7.06. The Morgan fingerprint density at radius 3 is 2.71 bits per heavy atom. The molecule has 0 radical (unpaired) electrons. The van der Waals surface area contributed by atoms with E-state index >= 15 is 0 Å². The normalized spacial score (nSPS) is 17.5. The number of hydrogen-bond acceptors (Lipinski definition) is 2. The molecule has 0 unspecified atom stereocenters. The van der Waals surface area contributed by atoms with E-state index in [1.165, 1.54) is 31.4 Å². The number of aliphatic hydroxyl groups excluding tert-OH is 1. The Labute approximate surface area is 127 Å². The lowest BCUT2D eigenvalue weighted by Gasteiger charge is -2.26. The Kier molecular flexibility index (Phi) is 5.39.